The lowest BCUT2D eigenvalue weighted by molar-refractivity contribution is 0.0752. The van der Waals surface area contributed by atoms with Crippen LogP contribution in [-0.2, 0) is 16.6 Å². The molecule has 2 heterocycles. The molecule has 1 aliphatic rings. The Morgan fingerprint density at radius 3 is 2.55 bits per heavy atom. The van der Waals surface area contributed by atoms with Crippen LogP contribution in [0.15, 0.2) is 52.1 Å². The van der Waals surface area contributed by atoms with Gasteiger partial charge in [0.05, 0.1) is 29.4 Å². The Balaban J connectivity index is 1.73. The third-order valence-corrected chi connectivity index (χ3v) is 6.05. The number of rotatable bonds is 2. The van der Waals surface area contributed by atoms with E-state index in [9.17, 15) is 22.8 Å². The SMILES string of the molecule is CS(=O)(=O)N1CCN(C(=O)c2ccc3[nH]c(=O)[nH]c(=O)c3c2)Cc2ccccc21. The first-order chi connectivity index (χ1) is 13.7. The van der Waals surface area contributed by atoms with E-state index in [1.54, 1.807) is 29.2 Å². The van der Waals surface area contributed by atoms with Gasteiger partial charge in [-0.1, -0.05) is 18.2 Å². The summed E-state index contributed by atoms with van der Waals surface area (Å²) in [5.74, 6) is -0.331. The van der Waals surface area contributed by atoms with Crippen LogP contribution in [0.1, 0.15) is 15.9 Å². The average molecular weight is 414 g/mol. The van der Waals surface area contributed by atoms with Crippen molar-refractivity contribution in [2.24, 2.45) is 0 Å². The van der Waals surface area contributed by atoms with Crippen LogP contribution in [0, 0.1) is 0 Å². The smallest absolute Gasteiger partial charge is 0.326 e. The van der Waals surface area contributed by atoms with Crippen LogP contribution in [0.5, 0.6) is 0 Å². The van der Waals surface area contributed by atoms with Crippen molar-refractivity contribution in [1.82, 2.24) is 14.9 Å². The molecule has 0 atom stereocenters. The number of H-pyrrole nitrogens is 2. The highest BCUT2D eigenvalue weighted by Crippen LogP contribution is 2.27. The first kappa shape index (κ1) is 18.9. The standard InChI is InChI=1S/C19H18N4O5S/c1-29(27,28)23-9-8-22(11-13-4-2-3-5-16(13)23)18(25)12-6-7-15-14(10-12)17(24)21-19(26)20-15/h2-7,10H,8-9,11H2,1H3,(H2,20,21,24,26). The molecule has 29 heavy (non-hydrogen) atoms. The first-order valence-corrected chi connectivity index (χ1v) is 10.7. The summed E-state index contributed by atoms with van der Waals surface area (Å²) < 4.78 is 25.7. The zero-order valence-corrected chi connectivity index (χ0v) is 16.3. The van der Waals surface area contributed by atoms with Crippen molar-refractivity contribution in [3.8, 4) is 0 Å². The van der Waals surface area contributed by atoms with Gasteiger partial charge in [-0.3, -0.25) is 18.9 Å². The van der Waals surface area contributed by atoms with E-state index in [4.69, 9.17) is 0 Å². The van der Waals surface area contributed by atoms with Gasteiger partial charge in [-0.15, -0.1) is 0 Å². The van der Waals surface area contributed by atoms with E-state index < -0.39 is 21.3 Å². The minimum Gasteiger partial charge on any atom is -0.332 e. The fourth-order valence-electron chi connectivity index (χ4n) is 3.50. The molecule has 10 heteroatoms. The van der Waals surface area contributed by atoms with Crippen LogP contribution in [0.4, 0.5) is 5.69 Å². The van der Waals surface area contributed by atoms with Crippen LogP contribution in [0.3, 0.4) is 0 Å². The van der Waals surface area contributed by atoms with Crippen LogP contribution in [0.25, 0.3) is 10.9 Å². The van der Waals surface area contributed by atoms with Gasteiger partial charge in [0.1, 0.15) is 0 Å². The van der Waals surface area contributed by atoms with Crippen LogP contribution in [0.2, 0.25) is 0 Å². The number of para-hydroxylation sites is 1. The number of carbonyl (C=O) groups excluding carboxylic acids is 1. The highest BCUT2D eigenvalue weighted by atomic mass is 32.2. The van der Waals surface area contributed by atoms with E-state index in [2.05, 4.69) is 9.97 Å². The van der Waals surface area contributed by atoms with E-state index in [1.807, 2.05) is 0 Å². The lowest BCUT2D eigenvalue weighted by atomic mass is 10.1. The molecule has 0 unspecified atom stereocenters. The second-order valence-electron chi connectivity index (χ2n) is 6.86. The molecule has 4 rings (SSSR count). The van der Waals surface area contributed by atoms with E-state index in [0.717, 1.165) is 6.26 Å². The fourth-order valence-corrected chi connectivity index (χ4v) is 4.45. The number of amides is 1. The zero-order chi connectivity index (χ0) is 20.8. The van der Waals surface area contributed by atoms with Crippen molar-refractivity contribution in [2.75, 3.05) is 23.7 Å². The van der Waals surface area contributed by atoms with Gasteiger partial charge in [0.2, 0.25) is 10.0 Å². The van der Waals surface area contributed by atoms with Gasteiger partial charge in [0, 0.05) is 18.7 Å². The molecule has 0 saturated heterocycles. The minimum absolute atomic E-state index is 0.128. The van der Waals surface area contributed by atoms with Gasteiger partial charge in [-0.25, -0.2) is 13.2 Å². The molecular formula is C19H18N4O5S. The highest BCUT2D eigenvalue weighted by molar-refractivity contribution is 7.92. The number of aromatic nitrogens is 2. The van der Waals surface area contributed by atoms with Crippen LogP contribution >= 0.6 is 0 Å². The molecule has 2 N–H and O–H groups in total. The number of anilines is 1. The normalized spacial score (nSPS) is 14.5. The summed E-state index contributed by atoms with van der Waals surface area (Å²) in [6.07, 6.45) is 1.14. The third-order valence-electron chi connectivity index (χ3n) is 4.87. The molecule has 1 aliphatic heterocycles. The van der Waals surface area contributed by atoms with Gasteiger partial charge in [0.25, 0.3) is 11.5 Å². The predicted molar refractivity (Wildman–Crippen MR) is 109 cm³/mol. The maximum atomic E-state index is 13.1. The molecule has 9 nitrogen and oxygen atoms in total. The van der Waals surface area contributed by atoms with Crippen molar-refractivity contribution >= 4 is 32.5 Å². The monoisotopic (exact) mass is 414 g/mol. The van der Waals surface area contributed by atoms with E-state index >= 15 is 0 Å². The number of benzene rings is 2. The lowest BCUT2D eigenvalue weighted by Crippen LogP contribution is -2.37. The Hall–Kier alpha value is -3.40. The lowest BCUT2D eigenvalue weighted by Gasteiger charge is -2.22. The molecular weight excluding hydrogens is 396 g/mol. The summed E-state index contributed by atoms with van der Waals surface area (Å²) in [7, 11) is -3.50. The molecule has 1 amide bonds. The summed E-state index contributed by atoms with van der Waals surface area (Å²) in [5.41, 5.74) is 0.680. The molecule has 0 radical (unpaired) electrons. The summed E-state index contributed by atoms with van der Waals surface area (Å²) in [5, 5.41) is 0.198. The average Bonchev–Trinajstić information content (AvgIpc) is 2.86. The minimum atomic E-state index is -3.50. The first-order valence-electron chi connectivity index (χ1n) is 8.85. The molecule has 2 aromatic carbocycles. The van der Waals surface area contributed by atoms with E-state index in [-0.39, 0.29) is 36.5 Å². The van der Waals surface area contributed by atoms with Crippen molar-refractivity contribution in [3.63, 3.8) is 0 Å². The number of hydrogen-bond acceptors (Lipinski definition) is 5. The summed E-state index contributed by atoms with van der Waals surface area (Å²) in [4.78, 5) is 42.8. The molecule has 0 spiro atoms. The molecule has 150 valence electrons. The Labute approximate surface area is 165 Å². The second-order valence-corrected chi connectivity index (χ2v) is 8.77. The van der Waals surface area contributed by atoms with Gasteiger partial charge in [-0.05, 0) is 29.8 Å². The maximum Gasteiger partial charge on any atom is 0.326 e. The Kier molecular flexibility index (Phi) is 4.50. The number of sulfonamides is 1. The number of hydrogen-bond donors (Lipinski definition) is 2. The summed E-state index contributed by atoms with van der Waals surface area (Å²) in [6, 6.07) is 11.5. The Morgan fingerprint density at radius 2 is 1.79 bits per heavy atom. The van der Waals surface area contributed by atoms with Gasteiger partial charge in [0.15, 0.2) is 0 Å². The van der Waals surface area contributed by atoms with Gasteiger partial charge in [-0.2, -0.15) is 0 Å². The van der Waals surface area contributed by atoms with E-state index in [0.29, 0.717) is 16.8 Å². The van der Waals surface area contributed by atoms with Crippen molar-refractivity contribution in [2.45, 2.75) is 6.54 Å². The van der Waals surface area contributed by atoms with E-state index in [1.165, 1.54) is 22.5 Å². The largest absolute Gasteiger partial charge is 0.332 e. The van der Waals surface area contributed by atoms with Crippen molar-refractivity contribution < 1.29 is 13.2 Å². The number of fused-ring (bicyclic) bond motifs is 2. The molecule has 3 aromatic rings. The third kappa shape index (κ3) is 3.54. The zero-order valence-electron chi connectivity index (χ0n) is 15.5. The van der Waals surface area contributed by atoms with Gasteiger partial charge >= 0.3 is 5.69 Å². The Bertz CT molecular complexity index is 1340. The van der Waals surface area contributed by atoms with Crippen LogP contribution in [-0.4, -0.2) is 48.5 Å². The Morgan fingerprint density at radius 1 is 1.03 bits per heavy atom. The highest BCUT2D eigenvalue weighted by Gasteiger charge is 2.28. The summed E-state index contributed by atoms with van der Waals surface area (Å²) in [6.45, 7) is 0.560. The number of aromatic amines is 2. The maximum absolute atomic E-state index is 13.1. The topological polar surface area (TPSA) is 123 Å². The van der Waals surface area contributed by atoms with Gasteiger partial charge < -0.3 is 9.88 Å². The summed E-state index contributed by atoms with van der Waals surface area (Å²) >= 11 is 0. The second kappa shape index (κ2) is 6.89. The number of nitrogens with zero attached hydrogens (tertiary/aromatic N) is 2. The molecule has 0 saturated carbocycles. The molecule has 0 aliphatic carbocycles. The number of carbonyl (C=O) groups is 1. The molecule has 0 bridgehead atoms. The fraction of sp³-hybridized carbons (Fsp3) is 0.211. The molecule has 0 fully saturated rings. The van der Waals surface area contributed by atoms with Crippen molar-refractivity contribution in [3.05, 3.63) is 74.4 Å². The molecule has 1 aromatic heterocycles. The van der Waals surface area contributed by atoms with Crippen LogP contribution < -0.4 is 15.6 Å². The number of nitrogens with one attached hydrogen (secondary N) is 2. The predicted octanol–water partition coefficient (Wildman–Crippen LogP) is 0.638. The quantitative estimate of drug-likeness (QED) is 0.637. The van der Waals surface area contributed by atoms with Crippen molar-refractivity contribution in [1.29, 1.82) is 0 Å².